The van der Waals surface area contributed by atoms with Gasteiger partial charge in [-0.05, 0) is 17.9 Å². The first-order valence-corrected chi connectivity index (χ1v) is 8.55. The van der Waals surface area contributed by atoms with E-state index in [-0.39, 0.29) is 29.3 Å². The second kappa shape index (κ2) is 6.78. The molecule has 0 aliphatic heterocycles. The molecule has 0 saturated heterocycles. The molecule has 3 rings (SSSR count). The maximum Gasteiger partial charge on any atom is 0.305 e. The van der Waals surface area contributed by atoms with Crippen LogP contribution in [-0.2, 0) is 17.6 Å². The molecule has 0 unspecified atom stereocenters. The summed E-state index contributed by atoms with van der Waals surface area (Å²) in [5, 5.41) is 0. The maximum atomic E-state index is 12.4. The molecule has 1 heterocycles. The number of hydrazine groups is 1. The summed E-state index contributed by atoms with van der Waals surface area (Å²) in [6, 6.07) is 9.22. The number of amides is 2. The lowest BCUT2D eigenvalue weighted by atomic mass is 9.76. The third kappa shape index (κ3) is 3.69. The molecule has 0 spiro atoms. The molecule has 2 N–H and O–H groups in total. The monoisotopic (exact) mass is 354 g/mol. The van der Waals surface area contributed by atoms with Crippen molar-refractivity contribution < 1.29 is 18.8 Å². The number of Topliss-reactive ketones (excluding diaryl/α,β-unsaturated/α-hetero) is 1. The van der Waals surface area contributed by atoms with Crippen LogP contribution in [0.3, 0.4) is 0 Å². The normalized spacial score (nSPS) is 15.3. The average Bonchev–Trinajstić information content (AvgIpc) is 2.89. The fourth-order valence-corrected chi connectivity index (χ4v) is 3.31. The van der Waals surface area contributed by atoms with Crippen molar-refractivity contribution in [3.63, 3.8) is 0 Å². The highest BCUT2D eigenvalue weighted by molar-refractivity contribution is 6.04. The van der Waals surface area contributed by atoms with Crippen LogP contribution in [0.1, 0.15) is 58.1 Å². The van der Waals surface area contributed by atoms with Crippen LogP contribution < -0.4 is 10.9 Å². The first-order chi connectivity index (χ1) is 12.3. The van der Waals surface area contributed by atoms with Crippen molar-refractivity contribution in [3.05, 3.63) is 58.5 Å². The number of carbonyl (C=O) groups excluding carboxylic acids is 3. The summed E-state index contributed by atoms with van der Waals surface area (Å²) >= 11 is 0. The highest BCUT2D eigenvalue weighted by atomic mass is 16.4. The van der Waals surface area contributed by atoms with Gasteiger partial charge in [0.15, 0.2) is 11.5 Å². The Hall–Kier alpha value is -2.89. The molecule has 1 aromatic heterocycles. The van der Waals surface area contributed by atoms with Crippen LogP contribution in [0.5, 0.6) is 0 Å². The summed E-state index contributed by atoms with van der Waals surface area (Å²) in [5.74, 6) is -0.296. The number of furan rings is 1. The first-order valence-electron chi connectivity index (χ1n) is 8.55. The molecule has 136 valence electrons. The molecule has 6 heteroatoms. The minimum atomic E-state index is -0.566. The molecule has 1 aromatic carbocycles. The SMILES string of the molecule is Cc1c(C(=O)NNC(=O)Cc2ccccc2)oc2c1C(=O)CC(C)(C)C2. The predicted octanol–water partition coefficient (Wildman–Crippen LogP) is 2.75. The third-order valence-electron chi connectivity index (χ3n) is 4.51. The Kier molecular flexibility index (Phi) is 4.68. The van der Waals surface area contributed by atoms with E-state index in [2.05, 4.69) is 10.9 Å². The third-order valence-corrected chi connectivity index (χ3v) is 4.51. The Balaban J connectivity index is 1.67. The van der Waals surface area contributed by atoms with Gasteiger partial charge in [0.2, 0.25) is 5.91 Å². The summed E-state index contributed by atoms with van der Waals surface area (Å²) in [6.45, 7) is 5.68. The maximum absolute atomic E-state index is 12.4. The van der Waals surface area contributed by atoms with Crippen molar-refractivity contribution in [3.8, 4) is 0 Å². The Bertz CT molecular complexity index is 865. The second-order valence-corrected chi connectivity index (χ2v) is 7.46. The standard InChI is InChI=1S/C20H22N2O4/c1-12-17-14(23)10-20(2,3)11-15(17)26-18(12)19(25)22-21-16(24)9-13-7-5-4-6-8-13/h4-8H,9-11H2,1-3H3,(H,21,24)(H,22,25). The van der Waals surface area contributed by atoms with E-state index in [0.29, 0.717) is 29.7 Å². The first kappa shape index (κ1) is 17.9. The van der Waals surface area contributed by atoms with Gasteiger partial charge in [0.25, 0.3) is 0 Å². The Morgan fingerprint density at radius 3 is 2.50 bits per heavy atom. The molecule has 0 bridgehead atoms. The molecule has 26 heavy (non-hydrogen) atoms. The molecule has 1 aliphatic carbocycles. The number of nitrogens with one attached hydrogen (secondary N) is 2. The molecule has 0 saturated carbocycles. The van der Waals surface area contributed by atoms with Crippen LogP contribution in [0.15, 0.2) is 34.7 Å². The van der Waals surface area contributed by atoms with Crippen LogP contribution in [0.2, 0.25) is 0 Å². The number of rotatable bonds is 3. The molecule has 6 nitrogen and oxygen atoms in total. The van der Waals surface area contributed by atoms with E-state index in [1.54, 1.807) is 6.92 Å². The quantitative estimate of drug-likeness (QED) is 0.830. The van der Waals surface area contributed by atoms with Crippen LogP contribution >= 0.6 is 0 Å². The van der Waals surface area contributed by atoms with Gasteiger partial charge in [0.05, 0.1) is 12.0 Å². The van der Waals surface area contributed by atoms with Gasteiger partial charge in [-0.25, -0.2) is 0 Å². The second-order valence-electron chi connectivity index (χ2n) is 7.46. The van der Waals surface area contributed by atoms with E-state index >= 15 is 0 Å². The van der Waals surface area contributed by atoms with Crippen molar-refractivity contribution in [2.45, 2.75) is 40.0 Å². The fraction of sp³-hybridized carbons (Fsp3) is 0.350. The van der Waals surface area contributed by atoms with Crippen molar-refractivity contribution in [2.24, 2.45) is 5.41 Å². The predicted molar refractivity (Wildman–Crippen MR) is 95.6 cm³/mol. The highest BCUT2D eigenvalue weighted by Crippen LogP contribution is 2.38. The summed E-state index contributed by atoms with van der Waals surface area (Å²) in [4.78, 5) is 36.7. The van der Waals surface area contributed by atoms with Crippen LogP contribution in [0.4, 0.5) is 0 Å². The summed E-state index contributed by atoms with van der Waals surface area (Å²) in [5.41, 5.74) is 6.43. The van der Waals surface area contributed by atoms with E-state index < -0.39 is 5.91 Å². The smallest absolute Gasteiger partial charge is 0.305 e. The number of hydrogen-bond acceptors (Lipinski definition) is 4. The lowest BCUT2D eigenvalue weighted by Gasteiger charge is -2.27. The van der Waals surface area contributed by atoms with E-state index in [4.69, 9.17) is 4.42 Å². The van der Waals surface area contributed by atoms with Gasteiger partial charge < -0.3 is 4.42 Å². The van der Waals surface area contributed by atoms with Gasteiger partial charge >= 0.3 is 5.91 Å². The number of carbonyl (C=O) groups is 3. The molecule has 0 radical (unpaired) electrons. The molecule has 1 aliphatic rings. The van der Waals surface area contributed by atoms with E-state index in [1.165, 1.54) is 0 Å². The van der Waals surface area contributed by atoms with Crippen LogP contribution in [-0.4, -0.2) is 17.6 Å². The number of hydrogen-bond donors (Lipinski definition) is 2. The van der Waals surface area contributed by atoms with Crippen LogP contribution in [0, 0.1) is 12.3 Å². The molecule has 2 aromatic rings. The molecule has 2 amide bonds. The summed E-state index contributed by atoms with van der Waals surface area (Å²) < 4.78 is 5.67. The van der Waals surface area contributed by atoms with E-state index in [0.717, 1.165) is 5.56 Å². The van der Waals surface area contributed by atoms with Gasteiger partial charge in [0, 0.05) is 18.4 Å². The Morgan fingerprint density at radius 1 is 1.12 bits per heavy atom. The highest BCUT2D eigenvalue weighted by Gasteiger charge is 2.37. The van der Waals surface area contributed by atoms with Gasteiger partial charge in [-0.1, -0.05) is 44.2 Å². The number of benzene rings is 1. The minimum absolute atomic E-state index is 0.00957. The number of fused-ring (bicyclic) bond motifs is 1. The summed E-state index contributed by atoms with van der Waals surface area (Å²) in [7, 11) is 0. The van der Waals surface area contributed by atoms with Crippen molar-refractivity contribution in [1.29, 1.82) is 0 Å². The summed E-state index contributed by atoms with van der Waals surface area (Å²) in [6.07, 6.45) is 1.18. The lowest BCUT2D eigenvalue weighted by Crippen LogP contribution is -2.42. The largest absolute Gasteiger partial charge is 0.455 e. The zero-order valence-electron chi connectivity index (χ0n) is 15.1. The fourth-order valence-electron chi connectivity index (χ4n) is 3.31. The minimum Gasteiger partial charge on any atom is -0.455 e. The average molecular weight is 354 g/mol. The van der Waals surface area contributed by atoms with Gasteiger partial charge in [-0.15, -0.1) is 0 Å². The molecular formula is C20H22N2O4. The van der Waals surface area contributed by atoms with Crippen molar-refractivity contribution in [2.75, 3.05) is 0 Å². The molecule has 0 atom stereocenters. The van der Waals surface area contributed by atoms with Gasteiger partial charge in [0.1, 0.15) is 5.76 Å². The zero-order valence-corrected chi connectivity index (χ0v) is 15.1. The Labute approximate surface area is 151 Å². The molecular weight excluding hydrogens is 332 g/mol. The van der Waals surface area contributed by atoms with Crippen LogP contribution in [0.25, 0.3) is 0 Å². The van der Waals surface area contributed by atoms with Crippen molar-refractivity contribution in [1.82, 2.24) is 10.9 Å². The Morgan fingerprint density at radius 2 is 1.81 bits per heavy atom. The van der Waals surface area contributed by atoms with Crippen molar-refractivity contribution >= 4 is 17.6 Å². The lowest BCUT2D eigenvalue weighted by molar-refractivity contribution is -0.121. The zero-order chi connectivity index (χ0) is 18.9. The van der Waals surface area contributed by atoms with Gasteiger partial charge in [-0.2, -0.15) is 0 Å². The van der Waals surface area contributed by atoms with Gasteiger partial charge in [-0.3, -0.25) is 25.2 Å². The number of ketones is 1. The van der Waals surface area contributed by atoms with E-state index in [9.17, 15) is 14.4 Å². The molecule has 0 fully saturated rings. The topological polar surface area (TPSA) is 88.4 Å². The van der Waals surface area contributed by atoms with E-state index in [1.807, 2.05) is 44.2 Å².